The number of aromatic nitrogens is 6. The molecule has 0 N–H and O–H groups in total. The number of fused-ring (bicyclic) bond motifs is 2. The van der Waals surface area contributed by atoms with Gasteiger partial charge in [0.25, 0.3) is 0 Å². The Morgan fingerprint density at radius 1 is 1.08 bits per heavy atom. The van der Waals surface area contributed by atoms with Crippen molar-refractivity contribution in [2.75, 3.05) is 26.7 Å². The van der Waals surface area contributed by atoms with Gasteiger partial charge in [-0.3, -0.25) is 9.48 Å². The number of hydrogen-bond donors (Lipinski definition) is 0. The fraction of sp³-hybridized carbons (Fsp3) is 0.345. The molecule has 200 valence electrons. The lowest BCUT2D eigenvalue weighted by Gasteiger charge is -2.14. The Morgan fingerprint density at radius 3 is 2.72 bits per heavy atom. The zero-order valence-corrected chi connectivity index (χ0v) is 22.1. The van der Waals surface area contributed by atoms with Crippen molar-refractivity contribution < 1.29 is 13.9 Å². The number of halogens is 1. The number of nitrogens with zero attached hydrogens (tertiary/aromatic N) is 7. The molecule has 4 heterocycles. The molecule has 1 aliphatic heterocycles. The second-order valence-corrected chi connectivity index (χ2v) is 9.91. The van der Waals surface area contributed by atoms with E-state index in [1.165, 1.54) is 18.9 Å². The van der Waals surface area contributed by atoms with Crippen LogP contribution in [0.3, 0.4) is 0 Å². The number of methoxy groups -OCH3 is 1. The number of rotatable bonds is 9. The first kappa shape index (κ1) is 25.1. The quantitative estimate of drug-likeness (QED) is 0.274. The zero-order valence-electron chi connectivity index (χ0n) is 22.1. The molecule has 9 nitrogen and oxygen atoms in total. The van der Waals surface area contributed by atoms with E-state index >= 15 is 4.39 Å². The molecule has 0 bridgehead atoms. The van der Waals surface area contributed by atoms with E-state index in [-0.39, 0.29) is 18.1 Å². The van der Waals surface area contributed by atoms with E-state index < -0.39 is 0 Å². The highest BCUT2D eigenvalue weighted by atomic mass is 19.1. The topological polar surface area (TPSA) is 91.0 Å². The molecule has 0 atom stereocenters. The number of imidazole rings is 1. The van der Waals surface area contributed by atoms with Gasteiger partial charge in [0.1, 0.15) is 23.6 Å². The monoisotopic (exact) mass is 527 g/mol. The number of ketones is 1. The minimum atomic E-state index is -0.377. The van der Waals surface area contributed by atoms with Gasteiger partial charge in [-0.2, -0.15) is 10.2 Å². The van der Waals surface area contributed by atoms with Gasteiger partial charge in [-0.05, 0) is 56.6 Å². The first-order valence-electron chi connectivity index (χ1n) is 13.3. The van der Waals surface area contributed by atoms with Crippen molar-refractivity contribution >= 4 is 27.9 Å². The van der Waals surface area contributed by atoms with Crippen LogP contribution in [-0.4, -0.2) is 67.0 Å². The number of aryl methyl sites for hydroxylation is 1. The predicted octanol–water partition coefficient (Wildman–Crippen LogP) is 4.73. The first-order chi connectivity index (χ1) is 19.1. The maximum Gasteiger partial charge on any atom is 0.183 e. The van der Waals surface area contributed by atoms with E-state index in [9.17, 15) is 4.79 Å². The van der Waals surface area contributed by atoms with Crippen molar-refractivity contribution in [1.29, 1.82) is 0 Å². The lowest BCUT2D eigenvalue weighted by atomic mass is 9.97. The lowest BCUT2D eigenvalue weighted by Crippen LogP contribution is -2.24. The third-order valence-corrected chi connectivity index (χ3v) is 7.51. The summed E-state index contributed by atoms with van der Waals surface area (Å²) in [5, 5.41) is 13.7. The number of Topliss-reactive ketones (excluding diaryl/α,β-unsaturated/α-hetero) is 1. The predicted molar refractivity (Wildman–Crippen MR) is 147 cm³/mol. The molecule has 1 aliphatic rings. The summed E-state index contributed by atoms with van der Waals surface area (Å²) in [6.45, 7) is 5.86. The number of hydrogen-bond acceptors (Lipinski definition) is 7. The van der Waals surface area contributed by atoms with E-state index in [4.69, 9.17) is 4.74 Å². The van der Waals surface area contributed by atoms with Crippen molar-refractivity contribution in [3.05, 3.63) is 54.9 Å². The number of ether oxygens (including phenoxy) is 1. The first-order valence-corrected chi connectivity index (χ1v) is 13.3. The fourth-order valence-corrected chi connectivity index (χ4v) is 5.36. The van der Waals surface area contributed by atoms with Gasteiger partial charge in [0.2, 0.25) is 0 Å². The molecular formula is C29H30FN7O2. The standard InChI is InChI=1S/C29H30FN7O2/c1-3-36-18-31-28-24(16-32-34-29(28)36)19-6-7-25(30)22(12-19)23-13-20-15-33-37(26(20)14-27(23)39-2)17-21(38)8-11-35-9-4-5-10-35/h6-7,12-16,18H,3-5,8-11,17H2,1-2H3. The van der Waals surface area contributed by atoms with Crippen LogP contribution in [0, 0.1) is 5.82 Å². The molecule has 2 aromatic carbocycles. The highest BCUT2D eigenvalue weighted by molar-refractivity contribution is 5.93. The molecule has 0 aliphatic carbocycles. The molecule has 0 saturated carbocycles. The van der Waals surface area contributed by atoms with Gasteiger partial charge in [-0.1, -0.05) is 6.07 Å². The van der Waals surface area contributed by atoms with E-state index in [2.05, 4.69) is 25.2 Å². The smallest absolute Gasteiger partial charge is 0.183 e. The summed E-state index contributed by atoms with van der Waals surface area (Å²) in [4.78, 5) is 19.6. The minimum absolute atomic E-state index is 0.136. The summed E-state index contributed by atoms with van der Waals surface area (Å²) in [5.74, 6) is 0.257. The normalized spacial score (nSPS) is 14.0. The van der Waals surface area contributed by atoms with Crippen LogP contribution in [0.4, 0.5) is 4.39 Å². The van der Waals surface area contributed by atoms with E-state index in [1.54, 1.807) is 42.6 Å². The number of benzene rings is 2. The van der Waals surface area contributed by atoms with Gasteiger partial charge < -0.3 is 14.2 Å². The Hall–Kier alpha value is -4.18. The van der Waals surface area contributed by atoms with Gasteiger partial charge in [0, 0.05) is 47.7 Å². The van der Waals surface area contributed by atoms with E-state index in [0.717, 1.165) is 48.2 Å². The van der Waals surface area contributed by atoms with Crippen LogP contribution in [0.5, 0.6) is 5.75 Å². The Bertz CT molecular complexity index is 1670. The van der Waals surface area contributed by atoms with Gasteiger partial charge >= 0.3 is 0 Å². The highest BCUT2D eigenvalue weighted by Crippen LogP contribution is 2.38. The third-order valence-electron chi connectivity index (χ3n) is 7.51. The molecule has 1 fully saturated rings. The zero-order chi connectivity index (χ0) is 26.9. The van der Waals surface area contributed by atoms with E-state index in [0.29, 0.717) is 34.5 Å². The number of likely N-dealkylation sites (tertiary alicyclic amines) is 1. The Labute approximate surface area is 225 Å². The molecule has 10 heteroatoms. The van der Waals surface area contributed by atoms with Crippen LogP contribution in [0.15, 0.2) is 49.1 Å². The summed E-state index contributed by atoms with van der Waals surface area (Å²) in [5.41, 5.74) is 4.70. The van der Waals surface area contributed by atoms with Crippen molar-refractivity contribution in [3.63, 3.8) is 0 Å². The SMILES string of the molecule is CCn1cnc2c(-c3ccc(F)c(-c4cc5cnn(CC(=O)CCN6CCCC6)c5cc4OC)c3)cnnc21. The average molecular weight is 528 g/mol. The second-order valence-electron chi connectivity index (χ2n) is 9.91. The lowest BCUT2D eigenvalue weighted by molar-refractivity contribution is -0.120. The van der Waals surface area contributed by atoms with Crippen molar-refractivity contribution in [3.8, 4) is 28.0 Å². The Balaban J connectivity index is 1.33. The van der Waals surface area contributed by atoms with Gasteiger partial charge in [-0.15, -0.1) is 5.10 Å². The molecule has 0 unspecified atom stereocenters. The largest absolute Gasteiger partial charge is 0.496 e. The summed E-state index contributed by atoms with van der Waals surface area (Å²) in [7, 11) is 1.56. The summed E-state index contributed by atoms with van der Waals surface area (Å²) >= 11 is 0. The molecule has 0 radical (unpaired) electrons. The van der Waals surface area contributed by atoms with Crippen LogP contribution in [-0.2, 0) is 17.9 Å². The van der Waals surface area contributed by atoms with E-state index in [1.807, 2.05) is 23.6 Å². The Kier molecular flexibility index (Phi) is 6.78. The second kappa shape index (κ2) is 10.5. The molecule has 39 heavy (non-hydrogen) atoms. The summed E-state index contributed by atoms with van der Waals surface area (Å²) < 4.78 is 24.6. The number of carbonyl (C=O) groups is 1. The molecule has 3 aromatic heterocycles. The molecular weight excluding hydrogens is 497 g/mol. The molecule has 1 saturated heterocycles. The van der Waals surface area contributed by atoms with Crippen molar-refractivity contribution in [2.45, 2.75) is 39.3 Å². The third kappa shape index (κ3) is 4.76. The van der Waals surface area contributed by atoms with Crippen LogP contribution in [0.25, 0.3) is 44.3 Å². The molecule has 6 rings (SSSR count). The Morgan fingerprint density at radius 2 is 1.92 bits per heavy atom. The van der Waals surface area contributed by atoms with Crippen LogP contribution in [0.1, 0.15) is 26.2 Å². The minimum Gasteiger partial charge on any atom is -0.496 e. The summed E-state index contributed by atoms with van der Waals surface area (Å²) in [6.07, 6.45) is 8.01. The van der Waals surface area contributed by atoms with Crippen LogP contribution < -0.4 is 4.74 Å². The van der Waals surface area contributed by atoms with Crippen molar-refractivity contribution in [1.82, 2.24) is 34.4 Å². The van der Waals surface area contributed by atoms with Gasteiger partial charge in [-0.25, -0.2) is 9.37 Å². The van der Waals surface area contributed by atoms with Crippen LogP contribution >= 0.6 is 0 Å². The molecule has 0 spiro atoms. The van der Waals surface area contributed by atoms with Gasteiger partial charge in [0.15, 0.2) is 11.4 Å². The highest BCUT2D eigenvalue weighted by Gasteiger charge is 2.19. The number of carbonyl (C=O) groups excluding carboxylic acids is 1. The molecule has 0 amide bonds. The van der Waals surface area contributed by atoms with Crippen molar-refractivity contribution in [2.24, 2.45) is 0 Å². The molecule has 5 aromatic rings. The van der Waals surface area contributed by atoms with Gasteiger partial charge in [0.05, 0.1) is 31.3 Å². The maximum absolute atomic E-state index is 15.3. The summed E-state index contributed by atoms with van der Waals surface area (Å²) in [6, 6.07) is 8.64. The fourth-order valence-electron chi connectivity index (χ4n) is 5.36. The van der Waals surface area contributed by atoms with Crippen LogP contribution in [0.2, 0.25) is 0 Å². The maximum atomic E-state index is 15.3. The average Bonchev–Trinajstić information content (AvgIpc) is 3.71.